The van der Waals surface area contributed by atoms with Gasteiger partial charge < -0.3 is 4.57 Å². The van der Waals surface area contributed by atoms with E-state index in [1.165, 1.54) is 5.56 Å². The van der Waals surface area contributed by atoms with E-state index in [0.29, 0.717) is 0 Å². The molecule has 0 bridgehead atoms. The van der Waals surface area contributed by atoms with Crippen molar-refractivity contribution in [1.29, 1.82) is 0 Å². The molecule has 124 valence electrons. The molecule has 0 radical (unpaired) electrons. The van der Waals surface area contributed by atoms with Crippen molar-refractivity contribution in [2.24, 2.45) is 0 Å². The summed E-state index contributed by atoms with van der Waals surface area (Å²) >= 11 is 6.34. The number of benzene rings is 1. The van der Waals surface area contributed by atoms with Crippen molar-refractivity contribution in [3.63, 3.8) is 0 Å². The van der Waals surface area contributed by atoms with Crippen LogP contribution in [0.5, 0.6) is 0 Å². The van der Waals surface area contributed by atoms with Crippen molar-refractivity contribution in [1.82, 2.24) is 19.4 Å². The maximum atomic E-state index is 6.34. The van der Waals surface area contributed by atoms with Crippen molar-refractivity contribution in [2.75, 3.05) is 6.54 Å². The second-order valence-corrected chi connectivity index (χ2v) is 6.22. The fourth-order valence-corrected chi connectivity index (χ4v) is 2.92. The summed E-state index contributed by atoms with van der Waals surface area (Å²) in [6, 6.07) is 12.2. The molecule has 0 N–H and O–H groups in total. The molecule has 3 rings (SSSR count). The van der Waals surface area contributed by atoms with Crippen molar-refractivity contribution in [3.8, 4) is 0 Å². The van der Waals surface area contributed by atoms with E-state index >= 15 is 0 Å². The van der Waals surface area contributed by atoms with Crippen LogP contribution in [0.1, 0.15) is 17.5 Å². The minimum Gasteiger partial charge on any atom is -0.337 e. The number of aryl methyl sites for hydroxylation is 1. The van der Waals surface area contributed by atoms with Gasteiger partial charge in [-0.15, -0.1) is 0 Å². The molecule has 0 fully saturated rings. The van der Waals surface area contributed by atoms with Gasteiger partial charge in [-0.05, 0) is 35.7 Å². The fraction of sp³-hybridized carbons (Fsp3) is 0.263. The molecule has 1 aromatic carbocycles. The maximum absolute atomic E-state index is 6.34. The van der Waals surface area contributed by atoms with Crippen LogP contribution in [0.25, 0.3) is 0 Å². The number of rotatable bonds is 8. The summed E-state index contributed by atoms with van der Waals surface area (Å²) in [5.41, 5.74) is 2.43. The van der Waals surface area contributed by atoms with Crippen LogP contribution in [0, 0.1) is 0 Å². The number of aromatic nitrogens is 3. The first-order valence-electron chi connectivity index (χ1n) is 8.11. The van der Waals surface area contributed by atoms with E-state index in [-0.39, 0.29) is 0 Å². The average Bonchev–Trinajstić information content (AvgIpc) is 3.11. The average molecular weight is 341 g/mol. The molecule has 2 aromatic heterocycles. The monoisotopic (exact) mass is 340 g/mol. The van der Waals surface area contributed by atoms with Crippen LogP contribution >= 0.6 is 11.6 Å². The Morgan fingerprint density at radius 1 is 0.958 bits per heavy atom. The first kappa shape index (κ1) is 16.7. The fourth-order valence-electron chi connectivity index (χ4n) is 2.72. The van der Waals surface area contributed by atoms with E-state index < -0.39 is 0 Å². The lowest BCUT2D eigenvalue weighted by molar-refractivity contribution is 0.248. The van der Waals surface area contributed by atoms with E-state index in [1.54, 1.807) is 0 Å². The van der Waals surface area contributed by atoms with E-state index in [0.717, 1.165) is 43.2 Å². The lowest BCUT2D eigenvalue weighted by Gasteiger charge is -2.23. The lowest BCUT2D eigenvalue weighted by Crippen LogP contribution is -2.25. The molecule has 24 heavy (non-hydrogen) atoms. The minimum absolute atomic E-state index is 0.826. The first-order valence-corrected chi connectivity index (χ1v) is 8.49. The van der Waals surface area contributed by atoms with Gasteiger partial charge in [-0.1, -0.05) is 29.8 Å². The molecule has 4 nitrogen and oxygen atoms in total. The van der Waals surface area contributed by atoms with Crippen molar-refractivity contribution >= 4 is 11.6 Å². The predicted molar refractivity (Wildman–Crippen MR) is 96.6 cm³/mol. The summed E-state index contributed by atoms with van der Waals surface area (Å²) in [5.74, 6) is 0. The van der Waals surface area contributed by atoms with Crippen molar-refractivity contribution < 1.29 is 0 Å². The van der Waals surface area contributed by atoms with E-state index in [1.807, 2.05) is 49.3 Å². The van der Waals surface area contributed by atoms with Crippen molar-refractivity contribution in [2.45, 2.75) is 26.1 Å². The zero-order valence-electron chi connectivity index (χ0n) is 13.6. The van der Waals surface area contributed by atoms with Crippen LogP contribution in [0.2, 0.25) is 5.02 Å². The Kier molecular flexibility index (Phi) is 5.99. The first-order chi connectivity index (χ1) is 11.8. The highest BCUT2D eigenvalue weighted by Crippen LogP contribution is 2.18. The number of halogens is 1. The number of pyridine rings is 1. The molecule has 0 atom stereocenters. The zero-order valence-corrected chi connectivity index (χ0v) is 14.3. The predicted octanol–water partition coefficient (Wildman–Crippen LogP) is 4.02. The van der Waals surface area contributed by atoms with Gasteiger partial charge in [-0.25, -0.2) is 4.98 Å². The molecule has 0 aliphatic rings. The van der Waals surface area contributed by atoms with E-state index in [9.17, 15) is 0 Å². The highest BCUT2D eigenvalue weighted by Gasteiger charge is 2.09. The quantitative estimate of drug-likeness (QED) is 0.621. The summed E-state index contributed by atoms with van der Waals surface area (Å²) in [6.07, 6.45) is 10.4. The Labute approximate surface area is 147 Å². The molecule has 0 spiro atoms. The number of hydrogen-bond donors (Lipinski definition) is 0. The molecule has 0 saturated heterocycles. The van der Waals surface area contributed by atoms with Gasteiger partial charge in [0.1, 0.15) is 0 Å². The molecule has 5 heteroatoms. The standard InChI is InChI=1S/C19H21ClN4/c20-19-5-2-1-4-18(19)15-24(14-17-6-8-21-9-7-17)12-3-11-23-13-10-22-16-23/h1-2,4-10,13,16H,3,11-12,14-15H2. The van der Waals surface area contributed by atoms with E-state index in [4.69, 9.17) is 11.6 Å². The van der Waals surface area contributed by atoms with Gasteiger partial charge in [0.2, 0.25) is 0 Å². The molecule has 2 heterocycles. The normalized spacial score (nSPS) is 11.1. The molecule has 0 unspecified atom stereocenters. The summed E-state index contributed by atoms with van der Waals surface area (Å²) in [6.45, 7) is 3.69. The number of hydrogen-bond acceptors (Lipinski definition) is 3. The summed E-state index contributed by atoms with van der Waals surface area (Å²) < 4.78 is 2.11. The third-order valence-corrected chi connectivity index (χ3v) is 4.33. The molecule has 0 aliphatic carbocycles. The highest BCUT2D eigenvalue weighted by molar-refractivity contribution is 6.31. The molecular formula is C19H21ClN4. The van der Waals surface area contributed by atoms with Crippen LogP contribution in [-0.4, -0.2) is 26.0 Å². The smallest absolute Gasteiger partial charge is 0.0945 e. The minimum atomic E-state index is 0.826. The Bertz CT molecular complexity index is 728. The van der Waals surface area contributed by atoms with Gasteiger partial charge in [0.05, 0.1) is 6.33 Å². The van der Waals surface area contributed by atoms with Gasteiger partial charge in [0.15, 0.2) is 0 Å². The van der Waals surface area contributed by atoms with Crippen LogP contribution in [0.15, 0.2) is 67.5 Å². The Morgan fingerprint density at radius 3 is 2.54 bits per heavy atom. The van der Waals surface area contributed by atoms with Gasteiger partial charge in [-0.3, -0.25) is 9.88 Å². The molecule has 0 amide bonds. The zero-order chi connectivity index (χ0) is 16.6. The maximum Gasteiger partial charge on any atom is 0.0945 e. The molecular weight excluding hydrogens is 320 g/mol. The second-order valence-electron chi connectivity index (χ2n) is 5.81. The Hall–Kier alpha value is -2.17. The topological polar surface area (TPSA) is 34.0 Å². The lowest BCUT2D eigenvalue weighted by atomic mass is 10.1. The highest BCUT2D eigenvalue weighted by atomic mass is 35.5. The van der Waals surface area contributed by atoms with Crippen LogP contribution < -0.4 is 0 Å². The molecule has 3 aromatic rings. The van der Waals surface area contributed by atoms with Crippen LogP contribution in [0.3, 0.4) is 0 Å². The number of imidazole rings is 1. The van der Waals surface area contributed by atoms with E-state index in [2.05, 4.69) is 37.6 Å². The molecule has 0 aliphatic heterocycles. The van der Waals surface area contributed by atoms with Gasteiger partial charge in [0, 0.05) is 56.0 Å². The summed E-state index contributed by atoms with van der Waals surface area (Å²) in [7, 11) is 0. The third kappa shape index (κ3) is 4.91. The van der Waals surface area contributed by atoms with Gasteiger partial charge in [-0.2, -0.15) is 0 Å². The summed E-state index contributed by atoms with van der Waals surface area (Å²) in [4.78, 5) is 10.6. The van der Waals surface area contributed by atoms with Gasteiger partial charge >= 0.3 is 0 Å². The van der Waals surface area contributed by atoms with Gasteiger partial charge in [0.25, 0.3) is 0 Å². The Balaban J connectivity index is 1.64. The number of nitrogens with zero attached hydrogens (tertiary/aromatic N) is 4. The largest absolute Gasteiger partial charge is 0.337 e. The third-order valence-electron chi connectivity index (χ3n) is 3.96. The Morgan fingerprint density at radius 2 is 1.79 bits per heavy atom. The SMILES string of the molecule is Clc1ccccc1CN(CCCn1ccnc1)Cc1ccncc1. The van der Waals surface area contributed by atoms with Crippen molar-refractivity contribution in [3.05, 3.63) is 83.7 Å². The molecule has 0 saturated carbocycles. The van der Waals surface area contributed by atoms with Crippen LogP contribution in [0.4, 0.5) is 0 Å². The van der Waals surface area contributed by atoms with Crippen LogP contribution in [-0.2, 0) is 19.6 Å². The summed E-state index contributed by atoms with van der Waals surface area (Å²) in [5, 5.41) is 0.826. The second kappa shape index (κ2) is 8.62.